The number of aliphatic hydroxyl groups excluding tert-OH is 1. The number of fused-ring (bicyclic) bond motifs is 1. The molecule has 10 heteroatoms. The molecule has 3 rings (SSSR count). The Bertz CT molecular complexity index is 1060. The minimum atomic E-state index is -3.50. The number of nitrogens with zero attached hydrogens (tertiary/aromatic N) is 3. The molecule has 0 spiro atoms. The van der Waals surface area contributed by atoms with Crippen molar-refractivity contribution in [3.63, 3.8) is 0 Å². The van der Waals surface area contributed by atoms with Gasteiger partial charge in [-0.25, -0.2) is 8.42 Å². The van der Waals surface area contributed by atoms with Crippen molar-refractivity contribution in [3.05, 3.63) is 53.9 Å². The van der Waals surface area contributed by atoms with Crippen LogP contribution in [0.1, 0.15) is 29.8 Å². The number of carbonyl (C=O) groups excluding carboxylic acids is 1. The summed E-state index contributed by atoms with van der Waals surface area (Å²) in [6.07, 6.45) is 4.34. The van der Waals surface area contributed by atoms with Crippen molar-refractivity contribution < 1.29 is 23.1 Å². The highest BCUT2D eigenvalue weighted by Crippen LogP contribution is 2.31. The molecule has 1 aromatic heterocycles. The van der Waals surface area contributed by atoms with Gasteiger partial charge >= 0.3 is 0 Å². The minimum absolute atomic E-state index is 0.00943. The maximum absolute atomic E-state index is 13.4. The van der Waals surface area contributed by atoms with Gasteiger partial charge < -0.3 is 14.7 Å². The Morgan fingerprint density at radius 1 is 1.30 bits per heavy atom. The van der Waals surface area contributed by atoms with Gasteiger partial charge in [0.05, 0.1) is 24.5 Å². The van der Waals surface area contributed by atoms with E-state index in [0.29, 0.717) is 18.8 Å². The Labute approximate surface area is 195 Å². The van der Waals surface area contributed by atoms with E-state index >= 15 is 0 Å². The molecule has 1 aliphatic heterocycles. The van der Waals surface area contributed by atoms with Gasteiger partial charge in [0.25, 0.3) is 5.91 Å². The van der Waals surface area contributed by atoms with Crippen molar-refractivity contribution in [2.24, 2.45) is 5.92 Å². The van der Waals surface area contributed by atoms with E-state index in [-0.39, 0.29) is 35.8 Å². The number of anilines is 1. The molecule has 0 saturated heterocycles. The number of carbonyl (C=O) groups is 1. The molecule has 1 aromatic carbocycles. The standard InChI is InChI=1S/C23H32N4O5S/c1-16-12-27(17(2)15-28)23(29)20-11-19(25-33(4,30)31)5-6-21(20)32-22(16)14-26(3)13-18-7-9-24-10-8-18/h5-11,16-17,22,25,28H,12-15H2,1-4H3/t16-,17+,22+/m0/s1. The number of likely N-dealkylation sites (N-methyl/N-ethyl adjacent to an activating group) is 1. The van der Waals surface area contributed by atoms with Crippen molar-refractivity contribution in [2.75, 3.05) is 37.7 Å². The molecule has 180 valence electrons. The number of ether oxygens (including phenoxy) is 1. The van der Waals surface area contributed by atoms with Crippen molar-refractivity contribution in [3.8, 4) is 5.75 Å². The van der Waals surface area contributed by atoms with Crippen LogP contribution in [0.2, 0.25) is 0 Å². The van der Waals surface area contributed by atoms with Crippen molar-refractivity contribution in [2.45, 2.75) is 32.5 Å². The van der Waals surface area contributed by atoms with E-state index in [9.17, 15) is 18.3 Å². The van der Waals surface area contributed by atoms with Crippen molar-refractivity contribution in [1.82, 2.24) is 14.8 Å². The fourth-order valence-electron chi connectivity index (χ4n) is 3.89. The van der Waals surface area contributed by atoms with E-state index in [0.717, 1.165) is 18.4 Å². The number of benzene rings is 1. The Hall–Kier alpha value is -2.69. The summed E-state index contributed by atoms with van der Waals surface area (Å²) in [5.41, 5.74) is 1.68. The van der Waals surface area contributed by atoms with Crippen LogP contribution in [0.5, 0.6) is 5.75 Å². The van der Waals surface area contributed by atoms with Gasteiger partial charge in [-0.05, 0) is 49.9 Å². The predicted molar refractivity (Wildman–Crippen MR) is 127 cm³/mol. The predicted octanol–water partition coefficient (Wildman–Crippen LogP) is 1.81. The summed E-state index contributed by atoms with van der Waals surface area (Å²) in [5.74, 6) is 0.0759. The van der Waals surface area contributed by atoms with E-state index in [4.69, 9.17) is 4.74 Å². The smallest absolute Gasteiger partial charge is 0.258 e. The second-order valence-electron chi connectivity index (χ2n) is 8.76. The molecule has 1 aliphatic rings. The minimum Gasteiger partial charge on any atom is -0.488 e. The lowest BCUT2D eigenvalue weighted by molar-refractivity contribution is 0.0341. The van der Waals surface area contributed by atoms with Crippen LogP contribution in [0.3, 0.4) is 0 Å². The summed E-state index contributed by atoms with van der Waals surface area (Å²) >= 11 is 0. The van der Waals surface area contributed by atoms with Gasteiger partial charge in [0.2, 0.25) is 10.0 Å². The van der Waals surface area contributed by atoms with Gasteiger partial charge in [0, 0.05) is 43.6 Å². The molecular formula is C23H32N4O5S. The number of hydrogen-bond donors (Lipinski definition) is 2. The second kappa shape index (κ2) is 10.5. The van der Waals surface area contributed by atoms with Gasteiger partial charge in [-0.3, -0.25) is 19.4 Å². The number of amides is 1. The Morgan fingerprint density at radius 3 is 2.64 bits per heavy atom. The molecule has 1 amide bonds. The third kappa shape index (κ3) is 6.66. The van der Waals surface area contributed by atoms with Gasteiger partial charge in [-0.15, -0.1) is 0 Å². The quantitative estimate of drug-likeness (QED) is 0.598. The first kappa shape index (κ1) is 24.9. The zero-order valence-corrected chi connectivity index (χ0v) is 20.2. The van der Waals surface area contributed by atoms with Crippen LogP contribution in [0, 0.1) is 5.92 Å². The highest BCUT2D eigenvalue weighted by molar-refractivity contribution is 7.92. The largest absolute Gasteiger partial charge is 0.488 e. The molecular weight excluding hydrogens is 444 g/mol. The summed E-state index contributed by atoms with van der Waals surface area (Å²) < 4.78 is 32.1. The van der Waals surface area contributed by atoms with Crippen LogP contribution in [0.4, 0.5) is 5.69 Å². The molecule has 2 aromatic rings. The average molecular weight is 477 g/mol. The number of hydrogen-bond acceptors (Lipinski definition) is 7. The molecule has 0 radical (unpaired) electrons. The summed E-state index contributed by atoms with van der Waals surface area (Å²) in [7, 11) is -1.50. The van der Waals surface area contributed by atoms with Crippen LogP contribution in [-0.2, 0) is 16.6 Å². The first-order valence-electron chi connectivity index (χ1n) is 10.8. The molecule has 0 aliphatic carbocycles. The molecule has 2 heterocycles. The Kier molecular flexibility index (Phi) is 7.93. The lowest BCUT2D eigenvalue weighted by Gasteiger charge is -2.38. The van der Waals surface area contributed by atoms with Gasteiger partial charge in [-0.2, -0.15) is 0 Å². The molecule has 0 bridgehead atoms. The first-order chi connectivity index (χ1) is 15.6. The van der Waals surface area contributed by atoms with Crippen LogP contribution in [0.15, 0.2) is 42.7 Å². The third-order valence-electron chi connectivity index (χ3n) is 5.66. The Balaban J connectivity index is 1.91. The monoisotopic (exact) mass is 476 g/mol. The van der Waals surface area contributed by atoms with Crippen LogP contribution in [-0.4, -0.2) is 79.4 Å². The van der Waals surface area contributed by atoms with Crippen LogP contribution in [0.25, 0.3) is 0 Å². The highest BCUT2D eigenvalue weighted by atomic mass is 32.2. The Morgan fingerprint density at radius 2 is 2.00 bits per heavy atom. The molecule has 3 atom stereocenters. The SMILES string of the molecule is C[C@H](CO)N1C[C@H](C)[C@@H](CN(C)Cc2ccncc2)Oc2ccc(NS(C)(=O)=O)cc2C1=O. The van der Waals surface area contributed by atoms with Crippen LogP contribution < -0.4 is 9.46 Å². The van der Waals surface area contributed by atoms with E-state index in [1.54, 1.807) is 36.4 Å². The number of pyridine rings is 1. The zero-order valence-electron chi connectivity index (χ0n) is 19.4. The topological polar surface area (TPSA) is 112 Å². The first-order valence-corrected chi connectivity index (χ1v) is 12.7. The van der Waals surface area contributed by atoms with Gasteiger partial charge in [-0.1, -0.05) is 6.92 Å². The summed E-state index contributed by atoms with van der Waals surface area (Å²) in [6.45, 7) is 5.37. The van der Waals surface area contributed by atoms with E-state index < -0.39 is 16.1 Å². The highest BCUT2D eigenvalue weighted by Gasteiger charge is 2.33. The molecule has 0 saturated carbocycles. The fraction of sp³-hybridized carbons (Fsp3) is 0.478. The molecule has 2 N–H and O–H groups in total. The number of aliphatic hydroxyl groups is 1. The van der Waals surface area contributed by atoms with Gasteiger partial charge in [0.15, 0.2) is 0 Å². The number of rotatable bonds is 8. The third-order valence-corrected chi connectivity index (χ3v) is 6.27. The summed E-state index contributed by atoms with van der Waals surface area (Å²) in [6, 6.07) is 8.23. The van der Waals surface area contributed by atoms with Crippen molar-refractivity contribution >= 4 is 21.6 Å². The molecule has 0 fully saturated rings. The molecule has 9 nitrogen and oxygen atoms in total. The fourth-order valence-corrected chi connectivity index (χ4v) is 4.44. The normalized spacial score (nSPS) is 19.9. The average Bonchev–Trinajstić information content (AvgIpc) is 2.75. The van der Waals surface area contributed by atoms with E-state index in [1.807, 2.05) is 26.1 Å². The lowest BCUT2D eigenvalue weighted by Crippen LogP contribution is -2.49. The number of aromatic nitrogens is 1. The van der Waals surface area contributed by atoms with Crippen molar-refractivity contribution in [1.29, 1.82) is 0 Å². The second-order valence-corrected chi connectivity index (χ2v) is 10.5. The van der Waals surface area contributed by atoms with Crippen LogP contribution >= 0.6 is 0 Å². The maximum Gasteiger partial charge on any atom is 0.258 e. The molecule has 0 unspecified atom stereocenters. The number of sulfonamides is 1. The van der Waals surface area contributed by atoms with Gasteiger partial charge in [0.1, 0.15) is 11.9 Å². The molecule has 33 heavy (non-hydrogen) atoms. The summed E-state index contributed by atoms with van der Waals surface area (Å²) in [5, 5.41) is 9.75. The summed E-state index contributed by atoms with van der Waals surface area (Å²) in [4.78, 5) is 21.2. The van der Waals surface area contributed by atoms with E-state index in [1.165, 1.54) is 6.07 Å². The van der Waals surface area contributed by atoms with E-state index in [2.05, 4.69) is 14.6 Å². The lowest BCUT2D eigenvalue weighted by atomic mass is 9.99. The number of nitrogens with one attached hydrogen (secondary N) is 1. The zero-order chi connectivity index (χ0) is 24.2. The maximum atomic E-state index is 13.4.